The van der Waals surface area contributed by atoms with Crippen LogP contribution in [0.25, 0.3) is 6.08 Å². The van der Waals surface area contributed by atoms with Crippen LogP contribution in [0.4, 0.5) is 0 Å². The van der Waals surface area contributed by atoms with Gasteiger partial charge in [0.25, 0.3) is 0 Å². The quantitative estimate of drug-likeness (QED) is 0.510. The highest BCUT2D eigenvalue weighted by Crippen LogP contribution is 2.27. The smallest absolute Gasteiger partial charge is 0.316 e. The zero-order chi connectivity index (χ0) is 22.0. The van der Waals surface area contributed by atoms with Crippen molar-refractivity contribution >= 4 is 12.0 Å². The maximum Gasteiger partial charge on any atom is 0.316 e. The average Bonchev–Trinajstić information content (AvgIpc) is 2.89. The van der Waals surface area contributed by atoms with E-state index in [1.807, 2.05) is 26.0 Å². The number of aryl methyl sites for hydroxylation is 1. The van der Waals surface area contributed by atoms with Crippen molar-refractivity contribution in [1.82, 2.24) is 9.78 Å². The molecule has 0 amide bonds. The Morgan fingerprint density at radius 3 is 2.21 bits per heavy atom. The van der Waals surface area contributed by atoms with Crippen LogP contribution in [0.3, 0.4) is 0 Å². The lowest BCUT2D eigenvalue weighted by Gasteiger charge is -2.20. The van der Waals surface area contributed by atoms with Crippen molar-refractivity contribution < 1.29 is 9.53 Å². The second kappa shape index (κ2) is 8.24. The predicted octanol–water partition coefficient (Wildman–Crippen LogP) is 5.47. The minimum atomic E-state index is -0.584. The molecule has 0 aliphatic rings. The number of hydrogen-bond donors (Lipinski definition) is 0. The zero-order valence-electron chi connectivity index (χ0n) is 18.7. The SMILES string of the molecule is Cc1nn(C(C#N)c2ccc(C(C)(C)C)cc2)c(/C=C/OC(=O)C(C)(C)C)c1C. The number of aromatic nitrogens is 2. The van der Waals surface area contributed by atoms with E-state index in [-0.39, 0.29) is 11.4 Å². The van der Waals surface area contributed by atoms with Gasteiger partial charge in [0, 0.05) is 0 Å². The van der Waals surface area contributed by atoms with Crippen LogP contribution < -0.4 is 0 Å². The molecule has 0 fully saturated rings. The van der Waals surface area contributed by atoms with Crippen LogP contribution in [0.15, 0.2) is 30.5 Å². The first-order valence-corrected chi connectivity index (χ1v) is 9.79. The summed E-state index contributed by atoms with van der Waals surface area (Å²) in [7, 11) is 0. The molecule has 2 aromatic rings. The van der Waals surface area contributed by atoms with Crippen LogP contribution >= 0.6 is 0 Å². The summed E-state index contributed by atoms with van der Waals surface area (Å²) in [5, 5.41) is 14.5. The third-order valence-electron chi connectivity index (χ3n) is 4.90. The number of esters is 1. The molecule has 0 saturated carbocycles. The molecule has 0 aliphatic heterocycles. The third kappa shape index (κ3) is 5.14. The van der Waals surface area contributed by atoms with Gasteiger partial charge in [-0.2, -0.15) is 10.4 Å². The molecule has 1 heterocycles. The first-order chi connectivity index (χ1) is 13.4. The largest absolute Gasteiger partial charge is 0.434 e. The van der Waals surface area contributed by atoms with Crippen molar-refractivity contribution in [2.24, 2.45) is 5.41 Å². The van der Waals surface area contributed by atoms with Gasteiger partial charge in [0.2, 0.25) is 0 Å². The normalized spacial score (nSPS) is 13.3. The second-order valence-corrected chi connectivity index (χ2v) is 9.40. The number of benzene rings is 1. The summed E-state index contributed by atoms with van der Waals surface area (Å²) in [6, 6.07) is 9.86. The number of nitriles is 1. The highest BCUT2D eigenvalue weighted by molar-refractivity contribution is 5.76. The van der Waals surface area contributed by atoms with Crippen LogP contribution in [0, 0.1) is 30.6 Å². The standard InChI is InChI=1S/C24H31N3O2/c1-16-17(2)26-27(20(16)13-14-29-22(28)24(6,7)8)21(15-25)18-9-11-19(12-10-18)23(3,4)5/h9-14,21H,1-8H3/b14-13+. The van der Waals surface area contributed by atoms with Gasteiger partial charge < -0.3 is 4.74 Å². The maximum atomic E-state index is 12.0. The van der Waals surface area contributed by atoms with E-state index in [4.69, 9.17) is 4.74 Å². The molecule has 0 N–H and O–H groups in total. The Morgan fingerprint density at radius 1 is 1.14 bits per heavy atom. The van der Waals surface area contributed by atoms with Gasteiger partial charge in [0.05, 0.1) is 29.1 Å². The Kier molecular flexibility index (Phi) is 6.37. The Morgan fingerprint density at radius 2 is 1.72 bits per heavy atom. The molecule has 0 spiro atoms. The van der Waals surface area contributed by atoms with Gasteiger partial charge in [-0.05, 0) is 62.8 Å². The molecule has 2 rings (SSSR count). The Labute approximate surface area is 174 Å². The highest BCUT2D eigenvalue weighted by atomic mass is 16.5. The van der Waals surface area contributed by atoms with E-state index in [9.17, 15) is 10.1 Å². The maximum absolute atomic E-state index is 12.0. The highest BCUT2D eigenvalue weighted by Gasteiger charge is 2.23. The zero-order valence-corrected chi connectivity index (χ0v) is 18.7. The van der Waals surface area contributed by atoms with Crippen LogP contribution in [0.5, 0.6) is 0 Å². The van der Waals surface area contributed by atoms with Crippen LogP contribution in [0.2, 0.25) is 0 Å². The topological polar surface area (TPSA) is 67.9 Å². The fourth-order valence-corrected chi connectivity index (χ4v) is 2.82. The summed E-state index contributed by atoms with van der Waals surface area (Å²) in [4.78, 5) is 12.0. The molecule has 1 unspecified atom stereocenters. The summed E-state index contributed by atoms with van der Waals surface area (Å²) in [6.45, 7) is 15.7. The molecule has 29 heavy (non-hydrogen) atoms. The lowest BCUT2D eigenvalue weighted by molar-refractivity contribution is -0.146. The van der Waals surface area contributed by atoms with Gasteiger partial charge in [-0.3, -0.25) is 4.79 Å². The average molecular weight is 394 g/mol. The van der Waals surface area contributed by atoms with Gasteiger partial charge in [-0.25, -0.2) is 4.68 Å². The van der Waals surface area contributed by atoms with Crippen molar-refractivity contribution in [1.29, 1.82) is 5.26 Å². The number of nitrogens with zero attached hydrogens (tertiary/aromatic N) is 3. The summed E-state index contributed by atoms with van der Waals surface area (Å²) in [5.74, 6) is -0.316. The molecule has 0 bridgehead atoms. The van der Waals surface area contributed by atoms with Crippen molar-refractivity contribution in [2.45, 2.75) is 66.8 Å². The molecular weight excluding hydrogens is 362 g/mol. The Balaban J connectivity index is 2.39. The van der Waals surface area contributed by atoms with Gasteiger partial charge in [0.15, 0.2) is 6.04 Å². The van der Waals surface area contributed by atoms with E-state index >= 15 is 0 Å². The van der Waals surface area contributed by atoms with E-state index in [2.05, 4.69) is 44.1 Å². The summed E-state index contributed by atoms with van der Waals surface area (Å²) in [5.41, 5.74) is 4.06. The van der Waals surface area contributed by atoms with E-state index in [1.54, 1.807) is 31.5 Å². The van der Waals surface area contributed by atoms with Gasteiger partial charge in [-0.15, -0.1) is 0 Å². The van der Waals surface area contributed by atoms with E-state index in [1.165, 1.54) is 11.8 Å². The first-order valence-electron chi connectivity index (χ1n) is 9.79. The number of carbonyl (C=O) groups is 1. The number of carbonyl (C=O) groups excluding carboxylic acids is 1. The molecule has 5 heteroatoms. The number of rotatable bonds is 4. The Hall–Kier alpha value is -2.87. The summed E-state index contributed by atoms with van der Waals surface area (Å²) < 4.78 is 6.95. The fourth-order valence-electron chi connectivity index (χ4n) is 2.82. The molecule has 154 valence electrons. The van der Waals surface area contributed by atoms with E-state index in [0.29, 0.717) is 0 Å². The molecule has 1 atom stereocenters. The molecule has 0 aliphatic carbocycles. The number of hydrogen-bond acceptors (Lipinski definition) is 4. The molecule has 1 aromatic carbocycles. The minimum Gasteiger partial charge on any atom is -0.434 e. The van der Waals surface area contributed by atoms with Crippen molar-refractivity contribution in [2.75, 3.05) is 0 Å². The van der Waals surface area contributed by atoms with E-state index in [0.717, 1.165) is 22.5 Å². The minimum absolute atomic E-state index is 0.0460. The first kappa shape index (κ1) is 22.4. The van der Waals surface area contributed by atoms with Crippen molar-refractivity contribution in [3.8, 4) is 6.07 Å². The predicted molar refractivity (Wildman–Crippen MR) is 115 cm³/mol. The second-order valence-electron chi connectivity index (χ2n) is 9.40. The van der Waals surface area contributed by atoms with Crippen molar-refractivity contribution in [3.05, 3.63) is 58.6 Å². The van der Waals surface area contributed by atoms with Crippen LogP contribution in [-0.2, 0) is 14.9 Å². The molecule has 0 saturated heterocycles. The van der Waals surface area contributed by atoms with Crippen molar-refractivity contribution in [3.63, 3.8) is 0 Å². The summed E-state index contributed by atoms with van der Waals surface area (Å²) >= 11 is 0. The lowest BCUT2D eigenvalue weighted by Crippen LogP contribution is -2.20. The van der Waals surface area contributed by atoms with Crippen LogP contribution in [-0.4, -0.2) is 15.7 Å². The molecule has 1 aromatic heterocycles. The molecular formula is C24H31N3O2. The van der Waals surface area contributed by atoms with Gasteiger partial charge >= 0.3 is 5.97 Å². The molecule has 0 radical (unpaired) electrons. The lowest BCUT2D eigenvalue weighted by atomic mass is 9.86. The van der Waals surface area contributed by atoms with E-state index < -0.39 is 11.5 Å². The Bertz CT molecular complexity index is 946. The van der Waals surface area contributed by atoms with Gasteiger partial charge in [0.1, 0.15) is 0 Å². The summed E-state index contributed by atoms with van der Waals surface area (Å²) in [6.07, 6.45) is 3.08. The molecule has 5 nitrogen and oxygen atoms in total. The number of ether oxygens (including phenoxy) is 1. The fraction of sp³-hybridized carbons (Fsp3) is 0.458. The monoisotopic (exact) mass is 393 g/mol. The van der Waals surface area contributed by atoms with Gasteiger partial charge in [-0.1, -0.05) is 45.0 Å². The van der Waals surface area contributed by atoms with Crippen LogP contribution in [0.1, 0.15) is 75.7 Å². The third-order valence-corrected chi connectivity index (χ3v) is 4.90.